The molecule has 2 aromatic heterocycles. The van der Waals surface area contributed by atoms with Crippen molar-refractivity contribution >= 4 is 33.4 Å². The summed E-state index contributed by atoms with van der Waals surface area (Å²) in [4.78, 5) is 29.6. The number of hydrogen-bond donors (Lipinski definition) is 1. The summed E-state index contributed by atoms with van der Waals surface area (Å²) in [5.41, 5.74) is 1.66. The van der Waals surface area contributed by atoms with Crippen LogP contribution in [0, 0.1) is 5.92 Å². The number of nitrogens with zero attached hydrogens (tertiary/aromatic N) is 2. The van der Waals surface area contributed by atoms with Gasteiger partial charge >= 0.3 is 0 Å². The van der Waals surface area contributed by atoms with Gasteiger partial charge in [0.25, 0.3) is 5.91 Å². The molecule has 6 nitrogen and oxygen atoms in total. The van der Waals surface area contributed by atoms with Crippen LogP contribution in [0.2, 0.25) is 0 Å². The molecule has 3 heterocycles. The van der Waals surface area contributed by atoms with Crippen molar-refractivity contribution in [2.75, 3.05) is 0 Å². The highest BCUT2D eigenvalue weighted by Gasteiger charge is 2.48. The lowest BCUT2D eigenvalue weighted by Gasteiger charge is -2.45. The van der Waals surface area contributed by atoms with Gasteiger partial charge in [-0.15, -0.1) is 11.3 Å². The Kier molecular flexibility index (Phi) is 6.38. The van der Waals surface area contributed by atoms with Gasteiger partial charge < -0.3 is 19.5 Å². The van der Waals surface area contributed by atoms with Gasteiger partial charge in [0.1, 0.15) is 17.0 Å². The Morgan fingerprint density at radius 1 is 1.20 bits per heavy atom. The number of thiophene rings is 1. The van der Waals surface area contributed by atoms with Gasteiger partial charge in [0, 0.05) is 12.6 Å². The molecule has 1 N–H and O–H groups in total. The van der Waals surface area contributed by atoms with Crippen LogP contribution in [0.4, 0.5) is 0 Å². The van der Waals surface area contributed by atoms with Crippen LogP contribution < -0.4 is 10.1 Å². The van der Waals surface area contributed by atoms with Crippen molar-refractivity contribution in [3.63, 3.8) is 0 Å². The number of aromatic nitrogens is 1. The van der Waals surface area contributed by atoms with E-state index in [4.69, 9.17) is 4.74 Å². The van der Waals surface area contributed by atoms with E-state index in [9.17, 15) is 9.59 Å². The minimum absolute atomic E-state index is 0.0629. The zero-order valence-corrected chi connectivity index (χ0v) is 21.9. The highest BCUT2D eigenvalue weighted by molar-refractivity contribution is 7.17. The van der Waals surface area contributed by atoms with Crippen LogP contribution in [0.5, 0.6) is 5.75 Å². The Labute approximate surface area is 211 Å². The molecule has 3 aromatic rings. The first-order valence-corrected chi connectivity index (χ1v) is 13.6. The van der Waals surface area contributed by atoms with E-state index < -0.39 is 5.54 Å². The molecule has 5 rings (SSSR count). The first-order chi connectivity index (χ1) is 16.8. The third-order valence-electron chi connectivity index (χ3n) is 7.60. The maximum absolute atomic E-state index is 13.9. The van der Waals surface area contributed by atoms with E-state index in [0.29, 0.717) is 24.7 Å². The third kappa shape index (κ3) is 4.46. The highest BCUT2D eigenvalue weighted by Crippen LogP contribution is 2.36. The molecule has 1 aliphatic heterocycles. The molecule has 0 spiro atoms. The minimum atomic E-state index is -0.998. The summed E-state index contributed by atoms with van der Waals surface area (Å²) in [5.74, 6) is 1.08. The second-order valence-corrected chi connectivity index (χ2v) is 11.6. The second kappa shape index (κ2) is 9.34. The molecule has 1 saturated carbocycles. The van der Waals surface area contributed by atoms with Crippen molar-refractivity contribution < 1.29 is 14.3 Å². The van der Waals surface area contributed by atoms with Gasteiger partial charge in [0.2, 0.25) is 5.91 Å². The summed E-state index contributed by atoms with van der Waals surface area (Å²) in [6, 6.07) is 12.0. The number of rotatable bonds is 6. The maximum Gasteiger partial charge on any atom is 0.271 e. The summed E-state index contributed by atoms with van der Waals surface area (Å²) < 4.78 is 8.89. The Hall–Kier alpha value is -2.80. The van der Waals surface area contributed by atoms with Crippen LogP contribution >= 0.6 is 11.3 Å². The van der Waals surface area contributed by atoms with E-state index in [1.165, 1.54) is 6.42 Å². The number of hydrogen-bond acceptors (Lipinski definition) is 4. The van der Waals surface area contributed by atoms with Crippen LogP contribution in [0.1, 0.15) is 69.4 Å². The molecule has 3 atom stereocenters. The maximum atomic E-state index is 13.9. The lowest BCUT2D eigenvalue weighted by Crippen LogP contribution is -2.65. The van der Waals surface area contributed by atoms with Crippen LogP contribution in [0.25, 0.3) is 10.2 Å². The third-order valence-corrected chi connectivity index (χ3v) is 8.45. The summed E-state index contributed by atoms with van der Waals surface area (Å²) >= 11 is 1.63. The second-order valence-electron chi connectivity index (χ2n) is 10.6. The predicted octanol–water partition coefficient (Wildman–Crippen LogP) is 5.60. The number of ether oxygens (including phenoxy) is 1. The smallest absolute Gasteiger partial charge is 0.271 e. The molecule has 1 aliphatic carbocycles. The minimum Gasteiger partial charge on any atom is -0.491 e. The monoisotopic (exact) mass is 493 g/mol. The van der Waals surface area contributed by atoms with Gasteiger partial charge in [-0.25, -0.2) is 0 Å². The fraction of sp³-hybridized carbons (Fsp3) is 0.500. The summed E-state index contributed by atoms with van der Waals surface area (Å²) in [7, 11) is 0. The Morgan fingerprint density at radius 2 is 1.94 bits per heavy atom. The van der Waals surface area contributed by atoms with Gasteiger partial charge in [-0.1, -0.05) is 31.9 Å². The van der Waals surface area contributed by atoms with Crippen LogP contribution in [-0.2, 0) is 17.9 Å². The summed E-state index contributed by atoms with van der Waals surface area (Å²) in [5, 5.41) is 5.39. The van der Waals surface area contributed by atoms with Gasteiger partial charge in [-0.3, -0.25) is 9.59 Å². The SMILES string of the molecule is CC(C)Oc1ccc(CN2C(=O)c3cc4sccc4n3C[C@]2(C)C(=O)N[C@H]2CCCC[C@@H]2C)cc1. The van der Waals surface area contributed by atoms with E-state index in [0.717, 1.165) is 40.8 Å². The number of fused-ring (bicyclic) bond motifs is 3. The molecule has 0 saturated heterocycles. The Bertz CT molecular complexity index is 1230. The molecule has 7 heteroatoms. The lowest BCUT2D eigenvalue weighted by atomic mass is 9.85. The fourth-order valence-electron chi connectivity index (χ4n) is 5.50. The number of carbonyl (C=O) groups is 2. The lowest BCUT2D eigenvalue weighted by molar-refractivity contribution is -0.134. The molecule has 0 unspecified atom stereocenters. The van der Waals surface area contributed by atoms with Gasteiger partial charge in [-0.05, 0) is 74.7 Å². The standard InChI is InChI=1S/C28H35N3O3S/c1-18(2)34-21-11-9-20(10-12-21)16-31-26(32)24-15-25-23(13-14-35-25)30(24)17-28(31,4)27(33)29-22-8-6-5-7-19(22)3/h9-15,18-19,22H,5-8,16-17H2,1-4H3,(H,29,33)/t19-,22-,28+/m0/s1. The van der Waals surface area contributed by atoms with Crippen LogP contribution in [0.15, 0.2) is 41.8 Å². The molecule has 1 fully saturated rings. The molecule has 2 aliphatic rings. The molecule has 0 radical (unpaired) electrons. The van der Waals surface area contributed by atoms with Crippen molar-refractivity contribution in [1.82, 2.24) is 14.8 Å². The van der Waals surface area contributed by atoms with Crippen LogP contribution in [-0.4, -0.2) is 39.0 Å². The molecule has 2 amide bonds. The van der Waals surface area contributed by atoms with Crippen molar-refractivity contribution in [2.45, 2.75) is 84.2 Å². The number of nitrogens with one attached hydrogen (secondary N) is 1. The van der Waals surface area contributed by atoms with Gasteiger partial charge in [0.15, 0.2) is 0 Å². The van der Waals surface area contributed by atoms with E-state index in [2.05, 4.69) is 12.2 Å². The fourth-order valence-corrected chi connectivity index (χ4v) is 6.33. The van der Waals surface area contributed by atoms with Gasteiger partial charge in [0.05, 0.1) is 22.9 Å². The first kappa shape index (κ1) is 23.9. The summed E-state index contributed by atoms with van der Waals surface area (Å²) in [6.07, 6.45) is 4.58. The van der Waals surface area contributed by atoms with Gasteiger partial charge in [-0.2, -0.15) is 0 Å². The predicted molar refractivity (Wildman–Crippen MR) is 140 cm³/mol. The number of carbonyl (C=O) groups excluding carboxylic acids is 2. The van der Waals surface area contributed by atoms with E-state index in [-0.39, 0.29) is 24.0 Å². The Balaban J connectivity index is 1.48. The van der Waals surface area contributed by atoms with Crippen LogP contribution in [0.3, 0.4) is 0 Å². The van der Waals surface area contributed by atoms with Crippen molar-refractivity contribution in [1.29, 1.82) is 0 Å². The van der Waals surface area contributed by atoms with E-state index in [1.54, 1.807) is 16.2 Å². The van der Waals surface area contributed by atoms with E-state index >= 15 is 0 Å². The van der Waals surface area contributed by atoms with Crippen molar-refractivity contribution in [2.24, 2.45) is 5.92 Å². The normalized spacial score (nSPS) is 24.6. The molecule has 35 heavy (non-hydrogen) atoms. The van der Waals surface area contributed by atoms with Crippen molar-refractivity contribution in [3.8, 4) is 5.75 Å². The van der Waals surface area contributed by atoms with E-state index in [1.807, 2.05) is 67.1 Å². The zero-order chi connectivity index (χ0) is 24.7. The molecule has 186 valence electrons. The quantitative estimate of drug-likeness (QED) is 0.486. The Morgan fingerprint density at radius 3 is 2.66 bits per heavy atom. The molecule has 0 bridgehead atoms. The number of benzene rings is 1. The average molecular weight is 494 g/mol. The average Bonchev–Trinajstić information content (AvgIpc) is 3.41. The molecular formula is C28H35N3O3S. The first-order valence-electron chi connectivity index (χ1n) is 12.7. The van der Waals surface area contributed by atoms with Crippen molar-refractivity contribution in [3.05, 3.63) is 53.0 Å². The number of amides is 2. The zero-order valence-electron chi connectivity index (χ0n) is 21.0. The highest BCUT2D eigenvalue weighted by atomic mass is 32.1. The summed E-state index contributed by atoms with van der Waals surface area (Å²) in [6.45, 7) is 8.94. The largest absolute Gasteiger partial charge is 0.491 e. The topological polar surface area (TPSA) is 63.6 Å². The molecular weight excluding hydrogens is 458 g/mol. The molecule has 1 aromatic carbocycles.